The van der Waals surface area contributed by atoms with Gasteiger partial charge in [-0.15, -0.1) is 11.3 Å². The van der Waals surface area contributed by atoms with E-state index in [1.165, 1.54) is 22.2 Å². The quantitative estimate of drug-likeness (QED) is 0.414. The number of nitrogens with zero attached hydrogens (tertiary/aromatic N) is 2. The number of ether oxygens (including phenoxy) is 1. The first kappa shape index (κ1) is 19.0. The Morgan fingerprint density at radius 2 is 2.26 bits per heavy atom. The van der Waals surface area contributed by atoms with Crippen molar-refractivity contribution >= 4 is 39.2 Å². The van der Waals surface area contributed by atoms with Gasteiger partial charge in [-0.3, -0.25) is 14.2 Å². The molecule has 0 aromatic carbocycles. The van der Waals surface area contributed by atoms with Gasteiger partial charge in [0.05, 0.1) is 10.6 Å². The van der Waals surface area contributed by atoms with Crippen LogP contribution in [0, 0.1) is 0 Å². The van der Waals surface area contributed by atoms with Crippen molar-refractivity contribution in [2.75, 3.05) is 13.7 Å². The van der Waals surface area contributed by atoms with Crippen LogP contribution in [0.1, 0.15) is 43.0 Å². The van der Waals surface area contributed by atoms with E-state index in [1.54, 1.807) is 23.0 Å². The molecule has 0 bridgehead atoms. The molecule has 2 aliphatic rings. The fourth-order valence-corrected chi connectivity index (χ4v) is 5.72. The van der Waals surface area contributed by atoms with Crippen molar-refractivity contribution in [2.24, 2.45) is 0 Å². The molecule has 0 spiro atoms. The molecule has 1 atom stereocenters. The van der Waals surface area contributed by atoms with Crippen LogP contribution < -0.4 is 10.9 Å². The summed E-state index contributed by atoms with van der Waals surface area (Å²) in [5.41, 5.74) is 1.23. The van der Waals surface area contributed by atoms with E-state index in [0.717, 1.165) is 48.7 Å². The third-order valence-electron chi connectivity index (χ3n) is 5.10. The molecule has 0 aliphatic heterocycles. The molecule has 2 aromatic heterocycles. The third kappa shape index (κ3) is 3.93. The van der Waals surface area contributed by atoms with Crippen molar-refractivity contribution in [1.82, 2.24) is 14.9 Å². The van der Waals surface area contributed by atoms with Gasteiger partial charge in [-0.2, -0.15) is 0 Å². The first-order valence-electron chi connectivity index (χ1n) is 9.59. The zero-order valence-electron chi connectivity index (χ0n) is 15.7. The predicted octanol–water partition coefficient (Wildman–Crippen LogP) is 2.74. The number of rotatable bonds is 8. The molecule has 6 nitrogen and oxygen atoms in total. The van der Waals surface area contributed by atoms with Crippen LogP contribution in [0.4, 0.5) is 0 Å². The van der Waals surface area contributed by atoms with Crippen LogP contribution in [-0.2, 0) is 28.9 Å². The maximum absolute atomic E-state index is 13.3. The topological polar surface area (TPSA) is 73.2 Å². The number of aromatic nitrogens is 2. The van der Waals surface area contributed by atoms with E-state index in [-0.39, 0.29) is 16.7 Å². The van der Waals surface area contributed by atoms with Crippen molar-refractivity contribution in [3.63, 3.8) is 0 Å². The van der Waals surface area contributed by atoms with Crippen molar-refractivity contribution in [3.8, 4) is 0 Å². The number of carbonyl (C=O) groups is 1. The normalized spacial score (nSPS) is 17.3. The Morgan fingerprint density at radius 3 is 3.00 bits per heavy atom. The summed E-state index contributed by atoms with van der Waals surface area (Å²) in [6.45, 7) is 3.03. The third-order valence-corrected chi connectivity index (χ3v) is 7.37. The van der Waals surface area contributed by atoms with Gasteiger partial charge in [0, 0.05) is 31.2 Å². The van der Waals surface area contributed by atoms with Crippen LogP contribution in [0.3, 0.4) is 0 Å². The van der Waals surface area contributed by atoms with Gasteiger partial charge in [-0.05, 0) is 51.0 Å². The number of amides is 1. The lowest BCUT2D eigenvalue weighted by Gasteiger charge is -2.15. The monoisotopic (exact) mass is 407 g/mol. The molecule has 1 amide bonds. The van der Waals surface area contributed by atoms with Gasteiger partial charge in [0.15, 0.2) is 5.16 Å². The SMILES string of the molecule is COCCCn1c(S[C@@H](C)C(=O)NC2CC2)nc2sc3c(c2c1=O)CCC3. The molecule has 1 N–H and O–H groups in total. The summed E-state index contributed by atoms with van der Waals surface area (Å²) >= 11 is 3.03. The molecule has 2 aromatic rings. The van der Waals surface area contributed by atoms with Gasteiger partial charge in [-0.1, -0.05) is 11.8 Å². The van der Waals surface area contributed by atoms with E-state index in [9.17, 15) is 9.59 Å². The Labute approximate surface area is 166 Å². The summed E-state index contributed by atoms with van der Waals surface area (Å²) in [5.74, 6) is 0.0222. The van der Waals surface area contributed by atoms with E-state index in [4.69, 9.17) is 9.72 Å². The summed E-state index contributed by atoms with van der Waals surface area (Å²) in [6.07, 6.45) is 6.01. The molecule has 4 rings (SSSR count). The van der Waals surface area contributed by atoms with Crippen LogP contribution in [0.25, 0.3) is 10.2 Å². The molecule has 27 heavy (non-hydrogen) atoms. The van der Waals surface area contributed by atoms with E-state index < -0.39 is 0 Å². The molecule has 8 heteroatoms. The second-order valence-corrected chi connectivity index (χ2v) is 9.67. The Hall–Kier alpha value is -1.38. The largest absolute Gasteiger partial charge is 0.385 e. The summed E-state index contributed by atoms with van der Waals surface area (Å²) in [5, 5.41) is 4.19. The van der Waals surface area contributed by atoms with Crippen LogP contribution in [0.2, 0.25) is 0 Å². The average molecular weight is 408 g/mol. The van der Waals surface area contributed by atoms with Crippen LogP contribution in [-0.4, -0.2) is 40.5 Å². The number of hydrogen-bond donors (Lipinski definition) is 1. The molecule has 0 radical (unpaired) electrons. The fraction of sp³-hybridized carbons (Fsp3) is 0.632. The highest BCUT2D eigenvalue weighted by Gasteiger charge is 2.28. The minimum Gasteiger partial charge on any atom is -0.385 e. The highest BCUT2D eigenvalue weighted by Crippen LogP contribution is 2.36. The molecular formula is C19H25N3O3S2. The Morgan fingerprint density at radius 1 is 1.44 bits per heavy atom. The summed E-state index contributed by atoms with van der Waals surface area (Å²) in [4.78, 5) is 32.6. The lowest BCUT2D eigenvalue weighted by molar-refractivity contribution is -0.120. The Balaban J connectivity index is 1.67. The highest BCUT2D eigenvalue weighted by molar-refractivity contribution is 8.00. The van der Waals surface area contributed by atoms with Gasteiger partial charge in [0.25, 0.3) is 5.56 Å². The molecule has 1 saturated carbocycles. The lowest BCUT2D eigenvalue weighted by atomic mass is 10.2. The number of methoxy groups -OCH3 is 1. The first-order chi connectivity index (χ1) is 13.1. The zero-order chi connectivity index (χ0) is 19.0. The van der Waals surface area contributed by atoms with Gasteiger partial charge in [0.2, 0.25) is 5.91 Å². The molecule has 146 valence electrons. The minimum atomic E-state index is -0.282. The molecule has 1 fully saturated rings. The fourth-order valence-electron chi connectivity index (χ4n) is 3.47. The van der Waals surface area contributed by atoms with Crippen molar-refractivity contribution < 1.29 is 9.53 Å². The van der Waals surface area contributed by atoms with Crippen LogP contribution in [0.15, 0.2) is 9.95 Å². The highest BCUT2D eigenvalue weighted by atomic mass is 32.2. The number of carbonyl (C=O) groups excluding carboxylic acids is 1. The van der Waals surface area contributed by atoms with Gasteiger partial charge >= 0.3 is 0 Å². The smallest absolute Gasteiger partial charge is 0.263 e. The standard InChI is InChI=1S/C19H25N3O3S2/c1-11(16(23)20-12-7-8-12)26-19-21-17-15(13-5-3-6-14(13)27-17)18(24)22(19)9-4-10-25-2/h11-12H,3-10H2,1-2H3,(H,20,23)/t11-/m0/s1. The number of thioether (sulfide) groups is 1. The van der Waals surface area contributed by atoms with E-state index in [2.05, 4.69) is 5.32 Å². The van der Waals surface area contributed by atoms with Crippen LogP contribution in [0.5, 0.6) is 0 Å². The maximum atomic E-state index is 13.3. The maximum Gasteiger partial charge on any atom is 0.263 e. The van der Waals surface area contributed by atoms with Crippen molar-refractivity contribution in [1.29, 1.82) is 0 Å². The van der Waals surface area contributed by atoms with Crippen LogP contribution >= 0.6 is 23.1 Å². The average Bonchev–Trinajstić information content (AvgIpc) is 3.21. The minimum absolute atomic E-state index is 0.0222. The lowest BCUT2D eigenvalue weighted by Crippen LogP contribution is -2.33. The second kappa shape index (κ2) is 7.93. The number of thiophene rings is 1. The number of hydrogen-bond acceptors (Lipinski definition) is 6. The number of aryl methyl sites for hydroxylation is 2. The molecule has 2 aliphatic carbocycles. The second-order valence-electron chi connectivity index (χ2n) is 7.28. The number of nitrogens with one attached hydrogen (secondary N) is 1. The molecular weight excluding hydrogens is 382 g/mol. The summed E-state index contributed by atoms with van der Waals surface area (Å²) in [7, 11) is 1.66. The molecule has 2 heterocycles. The number of fused-ring (bicyclic) bond motifs is 3. The van der Waals surface area contributed by atoms with Crippen molar-refractivity contribution in [2.45, 2.75) is 68.4 Å². The molecule has 0 unspecified atom stereocenters. The van der Waals surface area contributed by atoms with Gasteiger partial charge < -0.3 is 10.1 Å². The van der Waals surface area contributed by atoms with E-state index >= 15 is 0 Å². The summed E-state index contributed by atoms with van der Waals surface area (Å²) in [6, 6.07) is 0.333. The summed E-state index contributed by atoms with van der Waals surface area (Å²) < 4.78 is 6.90. The van der Waals surface area contributed by atoms with Crippen molar-refractivity contribution in [3.05, 3.63) is 20.8 Å². The van der Waals surface area contributed by atoms with E-state index in [1.807, 2.05) is 6.92 Å². The first-order valence-corrected chi connectivity index (χ1v) is 11.3. The van der Waals surface area contributed by atoms with Gasteiger partial charge in [0.1, 0.15) is 4.83 Å². The van der Waals surface area contributed by atoms with E-state index in [0.29, 0.717) is 24.3 Å². The zero-order valence-corrected chi connectivity index (χ0v) is 17.4. The predicted molar refractivity (Wildman–Crippen MR) is 109 cm³/mol. The Bertz CT molecular complexity index is 917. The van der Waals surface area contributed by atoms with Gasteiger partial charge in [-0.25, -0.2) is 4.98 Å². The Kier molecular flexibility index (Phi) is 5.57. The molecule has 0 saturated heterocycles.